The lowest BCUT2D eigenvalue weighted by Gasteiger charge is -2.00. The third-order valence-corrected chi connectivity index (χ3v) is 4.99. The van der Waals surface area contributed by atoms with Gasteiger partial charge in [0.05, 0.1) is 4.88 Å². The Hall–Kier alpha value is -1.71. The second kappa shape index (κ2) is 5.73. The van der Waals surface area contributed by atoms with Crippen LogP contribution in [-0.2, 0) is 6.42 Å². The standard InChI is InChI=1S/C17H14OS2/c1-12-3-2-4-13(9-12)10-15(18)17-6-5-16(20-17)14-7-8-19-11-14/h2-9,11H,10H2,1H3. The zero-order valence-corrected chi connectivity index (χ0v) is 12.8. The molecule has 0 N–H and O–H groups in total. The van der Waals surface area contributed by atoms with E-state index in [0.29, 0.717) is 6.42 Å². The lowest BCUT2D eigenvalue weighted by atomic mass is 10.1. The number of rotatable bonds is 4. The molecule has 0 amide bonds. The van der Waals surface area contributed by atoms with Gasteiger partial charge in [-0.25, -0.2) is 0 Å². The second-order valence-electron chi connectivity index (χ2n) is 4.76. The van der Waals surface area contributed by atoms with Gasteiger partial charge in [0.25, 0.3) is 0 Å². The first-order valence-corrected chi connectivity index (χ1v) is 8.19. The van der Waals surface area contributed by atoms with E-state index in [1.807, 2.05) is 37.3 Å². The summed E-state index contributed by atoms with van der Waals surface area (Å²) in [5.74, 6) is 0.196. The van der Waals surface area contributed by atoms with Crippen LogP contribution in [0.5, 0.6) is 0 Å². The maximum absolute atomic E-state index is 12.3. The Morgan fingerprint density at radius 3 is 2.80 bits per heavy atom. The molecule has 20 heavy (non-hydrogen) atoms. The molecule has 3 rings (SSSR count). The first-order chi connectivity index (χ1) is 9.72. The van der Waals surface area contributed by atoms with Gasteiger partial charge < -0.3 is 0 Å². The number of carbonyl (C=O) groups excluding carboxylic acids is 1. The number of hydrogen-bond acceptors (Lipinski definition) is 3. The Kier molecular flexibility index (Phi) is 3.81. The number of ketones is 1. The molecule has 0 fully saturated rings. The van der Waals surface area contributed by atoms with E-state index in [1.165, 1.54) is 16.0 Å². The summed E-state index contributed by atoms with van der Waals surface area (Å²) in [5, 5.41) is 4.17. The molecule has 3 heteroatoms. The van der Waals surface area contributed by atoms with Crippen molar-refractivity contribution in [1.82, 2.24) is 0 Å². The number of hydrogen-bond donors (Lipinski definition) is 0. The van der Waals surface area contributed by atoms with E-state index in [1.54, 1.807) is 22.7 Å². The van der Waals surface area contributed by atoms with Crippen LogP contribution in [0.3, 0.4) is 0 Å². The molecule has 0 aliphatic carbocycles. The number of carbonyl (C=O) groups is 1. The highest BCUT2D eigenvalue weighted by atomic mass is 32.1. The molecular weight excluding hydrogens is 284 g/mol. The van der Waals surface area contributed by atoms with Crippen LogP contribution in [0.25, 0.3) is 10.4 Å². The van der Waals surface area contributed by atoms with Gasteiger partial charge >= 0.3 is 0 Å². The van der Waals surface area contributed by atoms with Crippen LogP contribution in [0.2, 0.25) is 0 Å². The van der Waals surface area contributed by atoms with Crippen molar-refractivity contribution >= 4 is 28.5 Å². The smallest absolute Gasteiger partial charge is 0.177 e. The van der Waals surface area contributed by atoms with Gasteiger partial charge in [0.2, 0.25) is 0 Å². The number of benzene rings is 1. The summed E-state index contributed by atoms with van der Waals surface area (Å²) >= 11 is 3.26. The molecule has 0 aliphatic rings. The Bertz CT molecular complexity index is 723. The van der Waals surface area contributed by atoms with E-state index < -0.39 is 0 Å². The monoisotopic (exact) mass is 298 g/mol. The molecule has 1 nitrogen and oxygen atoms in total. The fourth-order valence-corrected chi connectivity index (χ4v) is 3.81. The van der Waals surface area contributed by atoms with Crippen molar-refractivity contribution in [3.05, 3.63) is 69.2 Å². The molecule has 1 aromatic carbocycles. The van der Waals surface area contributed by atoms with Crippen molar-refractivity contribution in [1.29, 1.82) is 0 Å². The zero-order valence-electron chi connectivity index (χ0n) is 11.1. The highest BCUT2D eigenvalue weighted by molar-refractivity contribution is 7.17. The van der Waals surface area contributed by atoms with Crippen LogP contribution in [0.15, 0.2) is 53.2 Å². The molecule has 0 unspecified atom stereocenters. The van der Waals surface area contributed by atoms with Gasteiger partial charge in [-0.2, -0.15) is 11.3 Å². The third-order valence-electron chi connectivity index (χ3n) is 3.13. The van der Waals surface area contributed by atoms with Gasteiger partial charge in [0, 0.05) is 16.9 Å². The van der Waals surface area contributed by atoms with Crippen LogP contribution in [0, 0.1) is 6.92 Å². The van der Waals surface area contributed by atoms with Gasteiger partial charge in [-0.1, -0.05) is 29.8 Å². The van der Waals surface area contributed by atoms with Gasteiger partial charge in [0.1, 0.15) is 0 Å². The quantitative estimate of drug-likeness (QED) is 0.604. The van der Waals surface area contributed by atoms with E-state index in [0.717, 1.165) is 10.4 Å². The summed E-state index contributed by atoms with van der Waals surface area (Å²) in [4.78, 5) is 14.3. The molecule has 2 aromatic heterocycles. The van der Waals surface area contributed by atoms with E-state index in [-0.39, 0.29) is 5.78 Å². The SMILES string of the molecule is Cc1cccc(CC(=O)c2ccc(-c3ccsc3)s2)c1. The molecule has 0 aliphatic heterocycles. The predicted molar refractivity (Wildman–Crippen MR) is 86.8 cm³/mol. The minimum Gasteiger partial charge on any atom is -0.293 e. The van der Waals surface area contributed by atoms with Crippen LogP contribution in [-0.4, -0.2) is 5.78 Å². The molecule has 0 atom stereocenters. The fraction of sp³-hybridized carbons (Fsp3) is 0.118. The van der Waals surface area contributed by atoms with Crippen molar-refractivity contribution in [2.75, 3.05) is 0 Å². The van der Waals surface area contributed by atoms with Crippen molar-refractivity contribution in [3.8, 4) is 10.4 Å². The maximum atomic E-state index is 12.3. The summed E-state index contributed by atoms with van der Waals surface area (Å²) in [6.07, 6.45) is 0.477. The van der Waals surface area contributed by atoms with E-state index in [4.69, 9.17) is 0 Å². The highest BCUT2D eigenvalue weighted by Crippen LogP contribution is 2.30. The van der Waals surface area contributed by atoms with E-state index >= 15 is 0 Å². The van der Waals surface area contributed by atoms with Gasteiger partial charge in [-0.3, -0.25) is 4.79 Å². The molecule has 2 heterocycles. The molecule has 0 saturated carbocycles. The molecule has 0 saturated heterocycles. The van der Waals surface area contributed by atoms with Crippen molar-refractivity contribution in [3.63, 3.8) is 0 Å². The summed E-state index contributed by atoms with van der Waals surface area (Å²) < 4.78 is 0. The number of Topliss-reactive ketones (excluding diaryl/α,β-unsaturated/α-hetero) is 1. The molecule has 0 radical (unpaired) electrons. The first-order valence-electron chi connectivity index (χ1n) is 6.43. The molecular formula is C17H14OS2. The van der Waals surface area contributed by atoms with Gasteiger partial charge in [-0.15, -0.1) is 11.3 Å². The second-order valence-corrected chi connectivity index (χ2v) is 6.63. The normalized spacial score (nSPS) is 10.7. The van der Waals surface area contributed by atoms with Crippen molar-refractivity contribution < 1.29 is 4.79 Å². The number of thiophene rings is 2. The Morgan fingerprint density at radius 2 is 2.05 bits per heavy atom. The maximum Gasteiger partial charge on any atom is 0.177 e. The predicted octanol–water partition coefficient (Wildman–Crippen LogP) is 5.21. The minimum atomic E-state index is 0.196. The largest absolute Gasteiger partial charge is 0.293 e. The summed E-state index contributed by atoms with van der Waals surface area (Å²) in [7, 11) is 0. The topological polar surface area (TPSA) is 17.1 Å². The summed E-state index contributed by atoms with van der Waals surface area (Å²) in [6, 6.07) is 14.2. The van der Waals surface area contributed by atoms with Crippen LogP contribution in [0.1, 0.15) is 20.8 Å². The Balaban J connectivity index is 1.78. The lowest BCUT2D eigenvalue weighted by molar-refractivity contribution is 0.0997. The van der Waals surface area contributed by atoms with Crippen molar-refractivity contribution in [2.24, 2.45) is 0 Å². The lowest BCUT2D eigenvalue weighted by Crippen LogP contribution is -2.01. The summed E-state index contributed by atoms with van der Waals surface area (Å²) in [6.45, 7) is 2.05. The average molecular weight is 298 g/mol. The van der Waals surface area contributed by atoms with Crippen LogP contribution in [0.4, 0.5) is 0 Å². The molecule has 0 spiro atoms. The van der Waals surface area contributed by atoms with E-state index in [9.17, 15) is 4.79 Å². The van der Waals surface area contributed by atoms with Gasteiger partial charge in [0.15, 0.2) is 5.78 Å². The summed E-state index contributed by atoms with van der Waals surface area (Å²) in [5.41, 5.74) is 3.48. The highest BCUT2D eigenvalue weighted by Gasteiger charge is 2.11. The number of aryl methyl sites for hydroxylation is 1. The van der Waals surface area contributed by atoms with Crippen LogP contribution >= 0.6 is 22.7 Å². The average Bonchev–Trinajstić information content (AvgIpc) is 3.10. The Labute approximate surface area is 126 Å². The molecule has 0 bridgehead atoms. The first kappa shape index (κ1) is 13.3. The molecule has 3 aromatic rings. The van der Waals surface area contributed by atoms with E-state index in [2.05, 4.69) is 22.9 Å². The zero-order chi connectivity index (χ0) is 13.9. The van der Waals surface area contributed by atoms with Crippen molar-refractivity contribution in [2.45, 2.75) is 13.3 Å². The molecule has 100 valence electrons. The Morgan fingerprint density at radius 1 is 1.15 bits per heavy atom. The van der Waals surface area contributed by atoms with Gasteiger partial charge in [-0.05, 0) is 41.4 Å². The van der Waals surface area contributed by atoms with Crippen LogP contribution < -0.4 is 0 Å². The minimum absolute atomic E-state index is 0.196. The third kappa shape index (κ3) is 2.89. The fourth-order valence-electron chi connectivity index (χ4n) is 2.14.